The fourth-order valence-electron chi connectivity index (χ4n) is 1.59. The van der Waals surface area contributed by atoms with E-state index in [1.54, 1.807) is 12.1 Å². The number of anilines is 1. The van der Waals surface area contributed by atoms with Gasteiger partial charge in [0.1, 0.15) is 5.75 Å². The molecule has 9 heteroatoms. The Balaban J connectivity index is 2.19. The first-order valence-corrected chi connectivity index (χ1v) is 7.66. The highest BCUT2D eigenvalue weighted by Gasteiger charge is 2.31. The SMILES string of the molecule is O=S(=O)(Nc1cccc(Cl)c1)c1ccc(OC(F)(F)F)cc1. The van der Waals surface area contributed by atoms with Crippen molar-refractivity contribution in [3.05, 3.63) is 53.6 Å². The molecule has 0 heterocycles. The van der Waals surface area contributed by atoms with Crippen molar-refractivity contribution < 1.29 is 26.3 Å². The second-order valence-electron chi connectivity index (χ2n) is 4.14. The van der Waals surface area contributed by atoms with Crippen LogP contribution in [-0.2, 0) is 10.0 Å². The Labute approximate surface area is 129 Å². The standard InChI is InChI=1S/C13H9ClF3NO3S/c14-9-2-1-3-10(8-9)18-22(19,20)12-6-4-11(5-7-12)21-13(15,16)17/h1-8,18H. The van der Waals surface area contributed by atoms with Crippen LogP contribution < -0.4 is 9.46 Å². The van der Waals surface area contributed by atoms with E-state index in [1.165, 1.54) is 12.1 Å². The molecule has 2 aromatic rings. The molecule has 0 fully saturated rings. The van der Waals surface area contributed by atoms with Crippen LogP contribution in [0.15, 0.2) is 53.4 Å². The van der Waals surface area contributed by atoms with Crippen molar-refractivity contribution >= 4 is 27.3 Å². The minimum absolute atomic E-state index is 0.206. The molecule has 0 aliphatic rings. The van der Waals surface area contributed by atoms with Gasteiger partial charge in [0.05, 0.1) is 10.6 Å². The van der Waals surface area contributed by atoms with Crippen LogP contribution in [0.25, 0.3) is 0 Å². The van der Waals surface area contributed by atoms with Crippen LogP contribution in [0.4, 0.5) is 18.9 Å². The van der Waals surface area contributed by atoms with Gasteiger partial charge in [0.15, 0.2) is 0 Å². The number of rotatable bonds is 4. The lowest BCUT2D eigenvalue weighted by Gasteiger charge is -2.11. The summed E-state index contributed by atoms with van der Waals surface area (Å²) in [5.74, 6) is -0.505. The average Bonchev–Trinajstić information content (AvgIpc) is 2.36. The maximum absolute atomic E-state index is 12.1. The van der Waals surface area contributed by atoms with Crippen LogP contribution in [0, 0.1) is 0 Å². The molecular weight excluding hydrogens is 343 g/mol. The zero-order valence-electron chi connectivity index (χ0n) is 10.8. The molecule has 22 heavy (non-hydrogen) atoms. The van der Waals surface area contributed by atoms with Crippen molar-refractivity contribution in [1.82, 2.24) is 0 Å². The summed E-state index contributed by atoms with van der Waals surface area (Å²) in [5, 5.41) is 0.342. The molecule has 0 radical (unpaired) electrons. The summed E-state index contributed by atoms with van der Waals surface area (Å²) in [5.41, 5.74) is 0.239. The van der Waals surface area contributed by atoms with Gasteiger partial charge in [0.2, 0.25) is 0 Å². The zero-order chi connectivity index (χ0) is 16.4. The average molecular weight is 352 g/mol. The second kappa shape index (κ2) is 6.05. The highest BCUT2D eigenvalue weighted by Crippen LogP contribution is 2.25. The topological polar surface area (TPSA) is 55.4 Å². The molecule has 4 nitrogen and oxygen atoms in total. The summed E-state index contributed by atoms with van der Waals surface area (Å²) < 4.78 is 66.2. The van der Waals surface area contributed by atoms with Crippen LogP contribution >= 0.6 is 11.6 Å². The molecule has 0 aliphatic carbocycles. The molecule has 0 bridgehead atoms. The number of hydrogen-bond acceptors (Lipinski definition) is 3. The molecule has 0 unspecified atom stereocenters. The van der Waals surface area contributed by atoms with Gasteiger partial charge in [-0.15, -0.1) is 13.2 Å². The number of nitrogens with one attached hydrogen (secondary N) is 1. The normalized spacial score (nSPS) is 12.0. The van der Waals surface area contributed by atoms with Gasteiger partial charge < -0.3 is 4.74 Å². The third-order valence-electron chi connectivity index (χ3n) is 2.44. The molecule has 2 rings (SSSR count). The molecule has 0 amide bonds. The summed E-state index contributed by atoms with van der Waals surface area (Å²) in [6.07, 6.45) is -4.83. The Morgan fingerprint density at radius 3 is 2.23 bits per heavy atom. The van der Waals surface area contributed by atoms with Crippen molar-refractivity contribution in [3.8, 4) is 5.75 Å². The predicted molar refractivity (Wildman–Crippen MR) is 75.4 cm³/mol. The number of sulfonamides is 1. The Morgan fingerprint density at radius 1 is 1.05 bits per heavy atom. The van der Waals surface area contributed by atoms with Gasteiger partial charge in [-0.3, -0.25) is 4.72 Å². The summed E-state index contributed by atoms with van der Waals surface area (Å²) >= 11 is 5.74. The quantitative estimate of drug-likeness (QED) is 0.904. The first-order valence-electron chi connectivity index (χ1n) is 5.80. The van der Waals surface area contributed by atoms with E-state index >= 15 is 0 Å². The van der Waals surface area contributed by atoms with Gasteiger partial charge in [-0.25, -0.2) is 8.42 Å². The molecule has 1 N–H and O–H groups in total. The number of halogens is 4. The van der Waals surface area contributed by atoms with Crippen LogP contribution in [0.1, 0.15) is 0 Å². The molecule has 118 valence electrons. The van der Waals surface area contributed by atoms with Gasteiger partial charge in [-0.2, -0.15) is 0 Å². The minimum Gasteiger partial charge on any atom is -0.406 e. The van der Waals surface area contributed by atoms with Crippen LogP contribution in [0.2, 0.25) is 5.02 Å². The lowest BCUT2D eigenvalue weighted by Crippen LogP contribution is -2.17. The van der Waals surface area contributed by atoms with Gasteiger partial charge >= 0.3 is 6.36 Å². The Bertz CT molecular complexity index is 761. The maximum Gasteiger partial charge on any atom is 0.573 e. The predicted octanol–water partition coefficient (Wildman–Crippen LogP) is 4.04. The van der Waals surface area contributed by atoms with E-state index in [0.717, 1.165) is 24.3 Å². The fourth-order valence-corrected chi connectivity index (χ4v) is 2.83. The van der Waals surface area contributed by atoms with Gasteiger partial charge in [-0.05, 0) is 42.5 Å². The molecule has 0 saturated carbocycles. The summed E-state index contributed by atoms with van der Waals surface area (Å²) in [6.45, 7) is 0. The Morgan fingerprint density at radius 2 is 1.68 bits per heavy atom. The monoisotopic (exact) mass is 351 g/mol. The smallest absolute Gasteiger partial charge is 0.406 e. The number of hydrogen-bond donors (Lipinski definition) is 1. The van der Waals surface area contributed by atoms with E-state index in [9.17, 15) is 21.6 Å². The summed E-state index contributed by atoms with van der Waals surface area (Å²) in [6, 6.07) is 9.87. The van der Waals surface area contributed by atoms with E-state index < -0.39 is 22.1 Å². The molecule has 0 atom stereocenters. The Hall–Kier alpha value is -1.93. The summed E-state index contributed by atoms with van der Waals surface area (Å²) in [4.78, 5) is -0.206. The van der Waals surface area contributed by atoms with Crippen LogP contribution in [0.5, 0.6) is 5.75 Å². The lowest BCUT2D eigenvalue weighted by molar-refractivity contribution is -0.274. The van der Waals surface area contributed by atoms with Crippen molar-refractivity contribution in [2.24, 2.45) is 0 Å². The first-order chi connectivity index (χ1) is 10.2. The first kappa shape index (κ1) is 16.4. The van der Waals surface area contributed by atoms with E-state index in [2.05, 4.69) is 9.46 Å². The minimum atomic E-state index is -4.83. The third kappa shape index (κ3) is 4.54. The molecule has 0 aliphatic heterocycles. The van der Waals surface area contributed by atoms with E-state index in [1.807, 2.05) is 0 Å². The number of ether oxygens (including phenoxy) is 1. The molecule has 2 aromatic carbocycles. The third-order valence-corrected chi connectivity index (χ3v) is 4.08. The maximum atomic E-state index is 12.1. The molecule has 0 aromatic heterocycles. The molecule has 0 spiro atoms. The molecule has 0 saturated heterocycles. The van der Waals surface area contributed by atoms with Crippen molar-refractivity contribution in [2.45, 2.75) is 11.3 Å². The number of benzene rings is 2. The van der Waals surface area contributed by atoms with Crippen molar-refractivity contribution in [2.75, 3.05) is 4.72 Å². The van der Waals surface area contributed by atoms with Crippen molar-refractivity contribution in [1.29, 1.82) is 0 Å². The Kier molecular flexibility index (Phi) is 4.52. The van der Waals surface area contributed by atoms with Gasteiger partial charge in [-0.1, -0.05) is 17.7 Å². The van der Waals surface area contributed by atoms with E-state index in [-0.39, 0.29) is 10.6 Å². The highest BCUT2D eigenvalue weighted by atomic mass is 35.5. The largest absolute Gasteiger partial charge is 0.573 e. The van der Waals surface area contributed by atoms with Crippen LogP contribution in [0.3, 0.4) is 0 Å². The van der Waals surface area contributed by atoms with Gasteiger partial charge in [0.25, 0.3) is 10.0 Å². The second-order valence-corrected chi connectivity index (χ2v) is 6.25. The molecular formula is C13H9ClF3NO3S. The zero-order valence-corrected chi connectivity index (χ0v) is 12.3. The lowest BCUT2D eigenvalue weighted by atomic mass is 10.3. The highest BCUT2D eigenvalue weighted by molar-refractivity contribution is 7.92. The number of alkyl halides is 3. The fraction of sp³-hybridized carbons (Fsp3) is 0.0769. The van der Waals surface area contributed by atoms with E-state index in [4.69, 9.17) is 11.6 Å². The van der Waals surface area contributed by atoms with Crippen molar-refractivity contribution in [3.63, 3.8) is 0 Å². The van der Waals surface area contributed by atoms with E-state index in [0.29, 0.717) is 5.02 Å². The summed E-state index contributed by atoms with van der Waals surface area (Å²) in [7, 11) is -3.94. The van der Waals surface area contributed by atoms with Gasteiger partial charge in [0, 0.05) is 5.02 Å². The van der Waals surface area contributed by atoms with Crippen LogP contribution in [-0.4, -0.2) is 14.8 Å².